The maximum Gasteiger partial charge on any atom is 0.173 e. The second kappa shape index (κ2) is 9.21. The van der Waals surface area contributed by atoms with Gasteiger partial charge in [-0.15, -0.1) is 0 Å². The molecule has 0 bridgehead atoms. The van der Waals surface area contributed by atoms with Crippen LogP contribution in [0.1, 0.15) is 18.4 Å². The Morgan fingerprint density at radius 2 is 2.12 bits per heavy atom. The minimum atomic E-state index is 0.213. The molecule has 0 aromatic heterocycles. The summed E-state index contributed by atoms with van der Waals surface area (Å²) in [5, 5.41) is 4.72. The summed E-state index contributed by atoms with van der Waals surface area (Å²) in [5.74, 6) is 0.816. The van der Waals surface area contributed by atoms with Gasteiger partial charge < -0.3 is 19.7 Å². The first kappa shape index (κ1) is 19.0. The highest BCUT2D eigenvalue weighted by Gasteiger charge is 2.21. The van der Waals surface area contributed by atoms with Crippen molar-refractivity contribution in [3.05, 3.63) is 59.1 Å². The van der Waals surface area contributed by atoms with Gasteiger partial charge in [-0.05, 0) is 67.0 Å². The first-order chi connectivity index (χ1) is 12.6. The zero-order chi connectivity index (χ0) is 18.4. The SMILES string of the molecule is COc1ccc(NC(=S)N(Cc2cccc(Cl)c2)CC2CCCO2)cc1. The number of benzene rings is 2. The molecule has 1 N–H and O–H groups in total. The Morgan fingerprint density at radius 3 is 2.77 bits per heavy atom. The van der Waals surface area contributed by atoms with E-state index in [0.717, 1.165) is 48.0 Å². The van der Waals surface area contributed by atoms with Crippen molar-refractivity contribution in [2.45, 2.75) is 25.5 Å². The first-order valence-electron chi connectivity index (χ1n) is 8.70. The molecule has 6 heteroatoms. The summed E-state index contributed by atoms with van der Waals surface area (Å²) in [7, 11) is 1.65. The lowest BCUT2D eigenvalue weighted by Crippen LogP contribution is -2.39. The number of halogens is 1. The van der Waals surface area contributed by atoms with Crippen molar-refractivity contribution >= 4 is 34.6 Å². The Labute approximate surface area is 165 Å². The fourth-order valence-electron chi connectivity index (χ4n) is 2.99. The molecule has 26 heavy (non-hydrogen) atoms. The fourth-order valence-corrected chi connectivity index (χ4v) is 3.46. The topological polar surface area (TPSA) is 33.7 Å². The standard InChI is InChI=1S/C20H23ClN2O2S/c1-24-18-9-7-17(8-10-18)22-20(26)23(14-19-6-3-11-25-19)13-15-4-2-5-16(21)12-15/h2,4-5,7-10,12,19H,3,6,11,13-14H2,1H3,(H,22,26). The van der Waals surface area contributed by atoms with E-state index in [0.29, 0.717) is 11.7 Å². The molecule has 1 aliphatic heterocycles. The van der Waals surface area contributed by atoms with Crippen LogP contribution in [-0.2, 0) is 11.3 Å². The number of ether oxygens (including phenoxy) is 2. The number of hydrogen-bond acceptors (Lipinski definition) is 3. The zero-order valence-electron chi connectivity index (χ0n) is 14.8. The third-order valence-electron chi connectivity index (χ3n) is 4.34. The van der Waals surface area contributed by atoms with Gasteiger partial charge in [-0.1, -0.05) is 23.7 Å². The lowest BCUT2D eigenvalue weighted by molar-refractivity contribution is 0.0905. The molecule has 0 spiro atoms. The largest absolute Gasteiger partial charge is 0.497 e. The van der Waals surface area contributed by atoms with E-state index in [1.807, 2.05) is 42.5 Å². The van der Waals surface area contributed by atoms with Crippen molar-refractivity contribution in [3.63, 3.8) is 0 Å². The Hall–Kier alpha value is -1.82. The lowest BCUT2D eigenvalue weighted by atomic mass is 10.2. The minimum Gasteiger partial charge on any atom is -0.497 e. The van der Waals surface area contributed by atoms with Crippen LogP contribution >= 0.6 is 23.8 Å². The fraction of sp³-hybridized carbons (Fsp3) is 0.350. The van der Waals surface area contributed by atoms with Gasteiger partial charge in [-0.25, -0.2) is 0 Å². The molecular weight excluding hydrogens is 368 g/mol. The molecular formula is C20H23ClN2O2S. The van der Waals surface area contributed by atoms with E-state index in [1.54, 1.807) is 7.11 Å². The molecule has 0 aliphatic carbocycles. The Balaban J connectivity index is 1.70. The molecule has 1 heterocycles. The summed E-state index contributed by atoms with van der Waals surface area (Å²) < 4.78 is 11.0. The third kappa shape index (κ3) is 5.34. The lowest BCUT2D eigenvalue weighted by Gasteiger charge is -2.28. The maximum atomic E-state index is 6.13. The molecule has 1 aliphatic rings. The van der Waals surface area contributed by atoms with Crippen LogP contribution in [0.15, 0.2) is 48.5 Å². The van der Waals surface area contributed by atoms with Gasteiger partial charge in [0.2, 0.25) is 0 Å². The van der Waals surface area contributed by atoms with Crippen LogP contribution in [0.3, 0.4) is 0 Å². The molecule has 0 amide bonds. The molecule has 2 aromatic rings. The number of rotatable bonds is 6. The normalized spacial score (nSPS) is 16.3. The van der Waals surface area contributed by atoms with Crippen molar-refractivity contribution in [1.82, 2.24) is 4.90 Å². The van der Waals surface area contributed by atoms with E-state index in [9.17, 15) is 0 Å². The van der Waals surface area contributed by atoms with Crippen LogP contribution < -0.4 is 10.1 Å². The smallest absolute Gasteiger partial charge is 0.173 e. The molecule has 3 rings (SSSR count). The molecule has 1 saturated heterocycles. The van der Waals surface area contributed by atoms with Gasteiger partial charge in [0, 0.05) is 30.4 Å². The highest BCUT2D eigenvalue weighted by atomic mass is 35.5. The Bertz CT molecular complexity index is 733. The van der Waals surface area contributed by atoms with E-state index in [1.165, 1.54) is 0 Å². The molecule has 2 aromatic carbocycles. The summed E-state index contributed by atoms with van der Waals surface area (Å²) >= 11 is 11.8. The van der Waals surface area contributed by atoms with Gasteiger partial charge in [0.1, 0.15) is 5.75 Å². The maximum absolute atomic E-state index is 6.13. The highest BCUT2D eigenvalue weighted by Crippen LogP contribution is 2.19. The van der Waals surface area contributed by atoms with Crippen LogP contribution in [-0.4, -0.2) is 36.4 Å². The van der Waals surface area contributed by atoms with Crippen molar-refractivity contribution in [2.24, 2.45) is 0 Å². The van der Waals surface area contributed by atoms with E-state index >= 15 is 0 Å². The van der Waals surface area contributed by atoms with E-state index in [2.05, 4.69) is 16.3 Å². The molecule has 1 atom stereocenters. The Kier molecular flexibility index (Phi) is 6.72. The number of hydrogen-bond donors (Lipinski definition) is 1. The average molecular weight is 391 g/mol. The Morgan fingerprint density at radius 1 is 1.31 bits per heavy atom. The highest BCUT2D eigenvalue weighted by molar-refractivity contribution is 7.80. The third-order valence-corrected chi connectivity index (χ3v) is 4.93. The monoisotopic (exact) mass is 390 g/mol. The van der Waals surface area contributed by atoms with Crippen molar-refractivity contribution in [1.29, 1.82) is 0 Å². The van der Waals surface area contributed by atoms with Gasteiger partial charge in [-0.3, -0.25) is 0 Å². The second-order valence-corrected chi connectivity index (χ2v) is 7.13. The molecule has 138 valence electrons. The number of anilines is 1. The van der Waals surface area contributed by atoms with Crippen molar-refractivity contribution < 1.29 is 9.47 Å². The minimum absolute atomic E-state index is 0.213. The summed E-state index contributed by atoms with van der Waals surface area (Å²) in [5.41, 5.74) is 2.05. The zero-order valence-corrected chi connectivity index (χ0v) is 16.4. The van der Waals surface area contributed by atoms with Gasteiger partial charge >= 0.3 is 0 Å². The number of nitrogens with one attached hydrogen (secondary N) is 1. The number of methoxy groups -OCH3 is 1. The molecule has 0 radical (unpaired) electrons. The van der Waals surface area contributed by atoms with Crippen LogP contribution in [0.25, 0.3) is 0 Å². The quantitative estimate of drug-likeness (QED) is 0.721. The van der Waals surface area contributed by atoms with Gasteiger partial charge in [0.15, 0.2) is 5.11 Å². The van der Waals surface area contributed by atoms with Crippen LogP contribution in [0.5, 0.6) is 5.75 Å². The van der Waals surface area contributed by atoms with Gasteiger partial charge in [0.25, 0.3) is 0 Å². The molecule has 1 unspecified atom stereocenters. The van der Waals surface area contributed by atoms with Gasteiger partial charge in [0.05, 0.1) is 13.2 Å². The van der Waals surface area contributed by atoms with Crippen LogP contribution in [0.4, 0.5) is 5.69 Å². The van der Waals surface area contributed by atoms with Crippen LogP contribution in [0, 0.1) is 0 Å². The summed E-state index contributed by atoms with van der Waals surface area (Å²) in [6.45, 7) is 2.27. The van der Waals surface area contributed by atoms with E-state index in [4.69, 9.17) is 33.3 Å². The van der Waals surface area contributed by atoms with Crippen molar-refractivity contribution in [3.8, 4) is 5.75 Å². The molecule has 0 saturated carbocycles. The van der Waals surface area contributed by atoms with Crippen molar-refractivity contribution in [2.75, 3.05) is 25.6 Å². The van der Waals surface area contributed by atoms with Gasteiger partial charge in [-0.2, -0.15) is 0 Å². The predicted octanol–water partition coefficient (Wildman–Crippen LogP) is 4.73. The second-order valence-electron chi connectivity index (χ2n) is 6.30. The van der Waals surface area contributed by atoms with E-state index < -0.39 is 0 Å². The molecule has 4 nitrogen and oxygen atoms in total. The first-order valence-corrected chi connectivity index (χ1v) is 9.48. The number of nitrogens with zero attached hydrogens (tertiary/aromatic N) is 1. The summed E-state index contributed by atoms with van der Waals surface area (Å²) in [6.07, 6.45) is 2.38. The predicted molar refractivity (Wildman–Crippen MR) is 110 cm³/mol. The molecule has 1 fully saturated rings. The van der Waals surface area contributed by atoms with E-state index in [-0.39, 0.29) is 6.10 Å². The number of thiocarbonyl (C=S) groups is 1. The summed E-state index contributed by atoms with van der Waals surface area (Å²) in [6, 6.07) is 15.6. The summed E-state index contributed by atoms with van der Waals surface area (Å²) in [4.78, 5) is 2.14. The van der Waals surface area contributed by atoms with Crippen LogP contribution in [0.2, 0.25) is 5.02 Å². The average Bonchev–Trinajstić information content (AvgIpc) is 3.15.